The molecule has 0 aliphatic heterocycles. The molecule has 0 fully saturated rings. The first-order chi connectivity index (χ1) is 5.11. The predicted molar refractivity (Wildman–Crippen MR) is 39.6 cm³/mol. The summed E-state index contributed by atoms with van der Waals surface area (Å²) in [5.41, 5.74) is 2.47. The molecule has 0 heterocycles. The molecule has 0 unspecified atom stereocenters. The number of ether oxygens (including phenoxy) is 1. The Morgan fingerprint density at radius 1 is 1.55 bits per heavy atom. The molecule has 0 saturated carbocycles. The van der Waals surface area contributed by atoms with Crippen molar-refractivity contribution in [1.29, 1.82) is 0 Å². The van der Waals surface area contributed by atoms with E-state index in [0.717, 1.165) is 6.08 Å². The highest BCUT2D eigenvalue weighted by Gasteiger charge is 2.07. The first-order valence-corrected chi connectivity index (χ1v) is 2.87. The minimum Gasteiger partial charge on any atom is -0.386 e. The second-order valence-electron chi connectivity index (χ2n) is 1.71. The van der Waals surface area contributed by atoms with Gasteiger partial charge in [0.15, 0.2) is 0 Å². The summed E-state index contributed by atoms with van der Waals surface area (Å²) in [6.45, 7) is 7.79. The van der Waals surface area contributed by atoms with Crippen LogP contribution in [0.2, 0.25) is 0 Å². The van der Waals surface area contributed by atoms with Crippen molar-refractivity contribution >= 4 is 11.9 Å². The fourth-order valence-electron chi connectivity index (χ4n) is 0.282. The molecule has 11 heavy (non-hydrogen) atoms. The van der Waals surface area contributed by atoms with Crippen molar-refractivity contribution in [3.8, 4) is 0 Å². The van der Waals surface area contributed by atoms with Gasteiger partial charge >= 0.3 is 11.9 Å². The maximum atomic E-state index is 10.7. The van der Waals surface area contributed by atoms with Gasteiger partial charge in [-0.05, 0) is 6.92 Å². The number of esters is 2. The van der Waals surface area contributed by atoms with Gasteiger partial charge in [0.05, 0.1) is 5.57 Å². The normalized spacial score (nSPS) is 7.73. The fraction of sp³-hybridized carbons (Fsp3) is 0.125. The van der Waals surface area contributed by atoms with Crippen LogP contribution in [0.15, 0.2) is 30.5 Å². The van der Waals surface area contributed by atoms with E-state index in [-0.39, 0.29) is 5.57 Å². The molecule has 0 aromatic heterocycles. The van der Waals surface area contributed by atoms with Gasteiger partial charge in [-0.15, -0.1) is 5.73 Å². The van der Waals surface area contributed by atoms with Gasteiger partial charge in [-0.2, -0.15) is 0 Å². The Labute approximate surface area is 64.7 Å². The van der Waals surface area contributed by atoms with Crippen LogP contribution in [0.3, 0.4) is 0 Å². The highest BCUT2D eigenvalue weighted by atomic mass is 16.6. The average molecular weight is 152 g/mol. The quantitative estimate of drug-likeness (QED) is 0.256. The summed E-state index contributed by atoms with van der Waals surface area (Å²) in [4.78, 5) is 21.1. The molecule has 0 rings (SSSR count). The van der Waals surface area contributed by atoms with Crippen LogP contribution in [0.5, 0.6) is 0 Å². The van der Waals surface area contributed by atoms with E-state index in [9.17, 15) is 9.59 Å². The van der Waals surface area contributed by atoms with Crippen molar-refractivity contribution in [1.82, 2.24) is 0 Å². The summed E-state index contributed by atoms with van der Waals surface area (Å²) in [6, 6.07) is 0. The van der Waals surface area contributed by atoms with E-state index in [1.165, 1.54) is 6.92 Å². The van der Waals surface area contributed by atoms with E-state index in [0.29, 0.717) is 0 Å². The van der Waals surface area contributed by atoms with Crippen molar-refractivity contribution < 1.29 is 14.3 Å². The number of carbonyl (C=O) groups is 2. The van der Waals surface area contributed by atoms with Crippen LogP contribution in [0, 0.1) is 0 Å². The minimum atomic E-state index is -0.774. The van der Waals surface area contributed by atoms with Gasteiger partial charge in [0.25, 0.3) is 0 Å². The molecule has 0 aliphatic rings. The molecular weight excluding hydrogens is 144 g/mol. The van der Waals surface area contributed by atoms with Gasteiger partial charge in [0.1, 0.15) is 0 Å². The molecule has 0 spiro atoms. The van der Waals surface area contributed by atoms with Gasteiger partial charge < -0.3 is 4.74 Å². The van der Waals surface area contributed by atoms with Gasteiger partial charge in [-0.25, -0.2) is 9.59 Å². The maximum Gasteiger partial charge on any atom is 0.349 e. The summed E-state index contributed by atoms with van der Waals surface area (Å²) in [5.74, 6) is -1.52. The zero-order chi connectivity index (χ0) is 8.85. The van der Waals surface area contributed by atoms with Crippen molar-refractivity contribution in [2.75, 3.05) is 0 Å². The number of carbonyl (C=O) groups excluding carboxylic acids is 2. The van der Waals surface area contributed by atoms with E-state index in [1.807, 2.05) is 0 Å². The Kier molecular flexibility index (Phi) is 3.63. The van der Waals surface area contributed by atoms with Crippen LogP contribution in [-0.2, 0) is 14.3 Å². The summed E-state index contributed by atoms with van der Waals surface area (Å²) in [6.07, 6.45) is 0.911. The SMILES string of the molecule is C=C=C(C)C(=O)OC(=O)C=C. The first-order valence-electron chi connectivity index (χ1n) is 2.87. The molecule has 0 N–H and O–H groups in total. The van der Waals surface area contributed by atoms with Gasteiger partial charge in [0.2, 0.25) is 0 Å². The lowest BCUT2D eigenvalue weighted by atomic mass is 10.3. The molecular formula is C8H8O3. The zero-order valence-electron chi connectivity index (χ0n) is 6.22. The highest BCUT2D eigenvalue weighted by Crippen LogP contribution is 1.93. The Bertz CT molecular complexity index is 244. The van der Waals surface area contributed by atoms with Crippen LogP contribution >= 0.6 is 0 Å². The lowest BCUT2D eigenvalue weighted by Crippen LogP contribution is -2.09. The molecule has 58 valence electrons. The van der Waals surface area contributed by atoms with E-state index in [2.05, 4.69) is 23.6 Å². The topological polar surface area (TPSA) is 43.4 Å². The predicted octanol–water partition coefficient (Wildman–Crippen LogP) is 0.973. The Morgan fingerprint density at radius 3 is 2.45 bits per heavy atom. The number of rotatable bonds is 2. The van der Waals surface area contributed by atoms with E-state index in [1.54, 1.807) is 0 Å². The van der Waals surface area contributed by atoms with Crippen LogP contribution < -0.4 is 0 Å². The van der Waals surface area contributed by atoms with Crippen LogP contribution in [0.25, 0.3) is 0 Å². The smallest absolute Gasteiger partial charge is 0.349 e. The summed E-state index contributed by atoms with van der Waals surface area (Å²) < 4.78 is 4.22. The fourth-order valence-corrected chi connectivity index (χ4v) is 0.282. The van der Waals surface area contributed by atoms with E-state index < -0.39 is 11.9 Å². The zero-order valence-corrected chi connectivity index (χ0v) is 6.22. The Morgan fingerprint density at radius 2 is 2.09 bits per heavy atom. The lowest BCUT2D eigenvalue weighted by Gasteiger charge is -1.95. The molecule has 0 radical (unpaired) electrons. The molecule has 0 bridgehead atoms. The molecule has 3 heteroatoms. The Hall–Kier alpha value is -1.60. The number of hydrogen-bond donors (Lipinski definition) is 0. The van der Waals surface area contributed by atoms with Crippen LogP contribution in [-0.4, -0.2) is 11.9 Å². The molecule has 0 saturated heterocycles. The maximum absolute atomic E-state index is 10.7. The Balaban J connectivity index is 4.20. The van der Waals surface area contributed by atoms with Crippen LogP contribution in [0.4, 0.5) is 0 Å². The summed E-state index contributed by atoms with van der Waals surface area (Å²) in [7, 11) is 0. The average Bonchev–Trinajstić information content (AvgIpc) is 2.02. The third-order valence-corrected chi connectivity index (χ3v) is 0.931. The monoisotopic (exact) mass is 152 g/mol. The minimum absolute atomic E-state index is 0.167. The van der Waals surface area contributed by atoms with Gasteiger partial charge in [0, 0.05) is 6.08 Å². The molecule has 0 aromatic carbocycles. The summed E-state index contributed by atoms with van der Waals surface area (Å²) in [5, 5.41) is 0. The third-order valence-electron chi connectivity index (χ3n) is 0.931. The first kappa shape index (κ1) is 9.40. The van der Waals surface area contributed by atoms with Gasteiger partial charge in [-0.3, -0.25) is 0 Å². The molecule has 0 aromatic rings. The lowest BCUT2D eigenvalue weighted by molar-refractivity contribution is -0.153. The van der Waals surface area contributed by atoms with E-state index in [4.69, 9.17) is 0 Å². The van der Waals surface area contributed by atoms with Crippen LogP contribution in [0.1, 0.15) is 6.92 Å². The summed E-state index contributed by atoms with van der Waals surface area (Å²) >= 11 is 0. The van der Waals surface area contributed by atoms with Crippen molar-refractivity contribution in [2.45, 2.75) is 6.92 Å². The number of hydrogen-bond acceptors (Lipinski definition) is 3. The second kappa shape index (κ2) is 4.25. The molecule has 0 atom stereocenters. The van der Waals surface area contributed by atoms with Gasteiger partial charge in [-0.1, -0.05) is 13.2 Å². The largest absolute Gasteiger partial charge is 0.386 e. The standard InChI is InChI=1S/C8H8O3/c1-4-6(3)8(10)11-7(9)5-2/h5H,1-2H2,3H3. The molecule has 0 aliphatic carbocycles. The molecule has 0 amide bonds. The second-order valence-corrected chi connectivity index (χ2v) is 1.71. The van der Waals surface area contributed by atoms with Crippen molar-refractivity contribution in [2.24, 2.45) is 0 Å². The van der Waals surface area contributed by atoms with Crippen molar-refractivity contribution in [3.63, 3.8) is 0 Å². The van der Waals surface area contributed by atoms with E-state index >= 15 is 0 Å². The highest BCUT2D eigenvalue weighted by molar-refractivity contribution is 5.98. The van der Waals surface area contributed by atoms with Crippen molar-refractivity contribution in [3.05, 3.63) is 30.5 Å². The molecule has 3 nitrogen and oxygen atoms in total. The third kappa shape index (κ3) is 3.18.